The van der Waals surface area contributed by atoms with E-state index in [0.29, 0.717) is 0 Å². The number of hydrogen-bond acceptors (Lipinski definition) is 2. The molecule has 0 fully saturated rings. The number of rotatable bonds is 2. The number of halogens is 1. The van der Waals surface area contributed by atoms with Crippen LogP contribution < -0.4 is 10.4 Å². The first kappa shape index (κ1) is 13.0. The third-order valence-corrected chi connectivity index (χ3v) is 4.42. The average Bonchev–Trinajstić information content (AvgIpc) is 2.77. The summed E-state index contributed by atoms with van der Waals surface area (Å²) in [5.74, 6) is 0.795. The van der Waals surface area contributed by atoms with Crippen LogP contribution in [0, 0.1) is 20.8 Å². The van der Waals surface area contributed by atoms with Crippen molar-refractivity contribution in [2.24, 2.45) is 0 Å². The normalized spacial score (nSPS) is 10.7. The molecule has 0 amide bonds. The molecule has 4 nitrogen and oxygen atoms in total. The van der Waals surface area contributed by atoms with Crippen molar-refractivity contribution in [2.45, 2.75) is 20.8 Å². The minimum Gasteiger partial charge on any atom is -0.496 e. The molecule has 2 N–H and O–H groups in total. The molecule has 0 saturated heterocycles. The second kappa shape index (κ2) is 4.65. The average molecular weight is 311 g/mol. The van der Waals surface area contributed by atoms with Gasteiger partial charge in [-0.1, -0.05) is 15.9 Å². The second-order valence-electron chi connectivity index (χ2n) is 4.25. The van der Waals surface area contributed by atoms with Gasteiger partial charge in [-0.25, -0.2) is 4.79 Å². The Kier molecular flexibility index (Phi) is 3.34. The zero-order valence-electron chi connectivity index (χ0n) is 10.8. The first-order chi connectivity index (χ1) is 8.47. The van der Waals surface area contributed by atoms with Gasteiger partial charge >= 0.3 is 5.69 Å². The molecule has 0 unspecified atom stereocenters. The van der Waals surface area contributed by atoms with Crippen LogP contribution in [0.25, 0.3) is 11.3 Å². The lowest BCUT2D eigenvalue weighted by atomic mass is 9.97. The van der Waals surface area contributed by atoms with Gasteiger partial charge in [0.2, 0.25) is 0 Å². The summed E-state index contributed by atoms with van der Waals surface area (Å²) in [7, 11) is 1.64. The number of aromatic amines is 2. The van der Waals surface area contributed by atoms with Gasteiger partial charge in [-0.2, -0.15) is 0 Å². The first-order valence-corrected chi connectivity index (χ1v) is 6.38. The summed E-state index contributed by atoms with van der Waals surface area (Å²) < 4.78 is 6.54. The molecule has 0 spiro atoms. The van der Waals surface area contributed by atoms with Crippen molar-refractivity contribution in [3.05, 3.63) is 37.8 Å². The van der Waals surface area contributed by atoms with Crippen LogP contribution in [0.15, 0.2) is 15.5 Å². The van der Waals surface area contributed by atoms with Crippen molar-refractivity contribution in [1.29, 1.82) is 0 Å². The number of H-pyrrole nitrogens is 2. The van der Waals surface area contributed by atoms with E-state index in [1.807, 2.05) is 20.8 Å². The summed E-state index contributed by atoms with van der Waals surface area (Å²) in [6, 6.07) is 0. The van der Waals surface area contributed by atoms with E-state index in [4.69, 9.17) is 4.74 Å². The Morgan fingerprint density at radius 1 is 1.17 bits per heavy atom. The summed E-state index contributed by atoms with van der Waals surface area (Å²) in [5, 5.41) is 0. The zero-order valence-corrected chi connectivity index (χ0v) is 12.4. The Hall–Kier alpha value is -1.49. The number of hydrogen-bond donors (Lipinski definition) is 2. The number of methoxy groups -OCH3 is 1. The van der Waals surface area contributed by atoms with Crippen LogP contribution in [0.3, 0.4) is 0 Å². The Morgan fingerprint density at radius 2 is 1.83 bits per heavy atom. The summed E-state index contributed by atoms with van der Waals surface area (Å²) in [4.78, 5) is 16.6. The molecule has 0 saturated carbocycles. The Morgan fingerprint density at radius 3 is 2.33 bits per heavy atom. The molecule has 1 heterocycles. The number of aromatic nitrogens is 2. The molecule has 1 aromatic carbocycles. The maximum atomic E-state index is 11.2. The molecule has 0 bridgehead atoms. The van der Waals surface area contributed by atoms with Crippen LogP contribution in [0.5, 0.6) is 5.75 Å². The smallest absolute Gasteiger partial charge is 0.323 e. The fourth-order valence-corrected chi connectivity index (χ4v) is 2.63. The highest BCUT2D eigenvalue weighted by molar-refractivity contribution is 9.10. The van der Waals surface area contributed by atoms with Crippen LogP contribution >= 0.6 is 15.9 Å². The van der Waals surface area contributed by atoms with Gasteiger partial charge in [0.05, 0.1) is 12.8 Å². The minimum absolute atomic E-state index is 0.221. The summed E-state index contributed by atoms with van der Waals surface area (Å²) in [5.41, 5.74) is 4.67. The second-order valence-corrected chi connectivity index (χ2v) is 5.05. The van der Waals surface area contributed by atoms with E-state index < -0.39 is 0 Å². The topological polar surface area (TPSA) is 57.9 Å². The molecule has 1 aromatic heterocycles. The van der Waals surface area contributed by atoms with E-state index in [1.54, 1.807) is 13.3 Å². The van der Waals surface area contributed by atoms with Crippen molar-refractivity contribution in [3.63, 3.8) is 0 Å². The molecule has 0 atom stereocenters. The van der Waals surface area contributed by atoms with E-state index in [0.717, 1.165) is 38.2 Å². The molecule has 2 aromatic rings. The van der Waals surface area contributed by atoms with E-state index in [-0.39, 0.29) is 5.69 Å². The van der Waals surface area contributed by atoms with Gasteiger partial charge in [0, 0.05) is 16.2 Å². The molecule has 0 aliphatic heterocycles. The molecular weight excluding hydrogens is 296 g/mol. The molecule has 18 heavy (non-hydrogen) atoms. The van der Waals surface area contributed by atoms with Crippen molar-refractivity contribution in [1.82, 2.24) is 9.97 Å². The van der Waals surface area contributed by atoms with Gasteiger partial charge in [0.15, 0.2) is 0 Å². The monoisotopic (exact) mass is 310 g/mol. The van der Waals surface area contributed by atoms with Crippen LogP contribution in [-0.2, 0) is 0 Å². The van der Waals surface area contributed by atoms with Crippen molar-refractivity contribution >= 4 is 15.9 Å². The van der Waals surface area contributed by atoms with Gasteiger partial charge in [-0.15, -0.1) is 0 Å². The zero-order chi connectivity index (χ0) is 13.4. The summed E-state index contributed by atoms with van der Waals surface area (Å²) >= 11 is 3.59. The van der Waals surface area contributed by atoms with E-state index in [1.165, 1.54) is 0 Å². The highest BCUT2D eigenvalue weighted by atomic mass is 79.9. The quantitative estimate of drug-likeness (QED) is 0.895. The fraction of sp³-hybridized carbons (Fsp3) is 0.308. The number of imidazole rings is 1. The van der Waals surface area contributed by atoms with Gasteiger partial charge in [0.1, 0.15) is 5.75 Å². The van der Waals surface area contributed by atoms with Crippen LogP contribution in [0.4, 0.5) is 0 Å². The van der Waals surface area contributed by atoms with Gasteiger partial charge in [-0.05, 0) is 37.5 Å². The van der Waals surface area contributed by atoms with E-state index in [9.17, 15) is 4.79 Å². The van der Waals surface area contributed by atoms with Gasteiger partial charge < -0.3 is 14.7 Å². The fourth-order valence-electron chi connectivity index (χ4n) is 2.13. The lowest BCUT2D eigenvalue weighted by molar-refractivity contribution is 0.412. The Balaban J connectivity index is 2.85. The largest absolute Gasteiger partial charge is 0.496 e. The minimum atomic E-state index is -0.221. The maximum Gasteiger partial charge on any atom is 0.323 e. The molecule has 0 aliphatic carbocycles. The number of benzene rings is 1. The molecule has 5 heteroatoms. The van der Waals surface area contributed by atoms with Gasteiger partial charge in [-0.3, -0.25) is 0 Å². The maximum absolute atomic E-state index is 11.2. The molecule has 0 aliphatic rings. The van der Waals surface area contributed by atoms with Crippen molar-refractivity contribution in [2.75, 3.05) is 7.11 Å². The predicted octanol–water partition coefficient (Wildman–Crippen LogP) is 3.07. The summed E-state index contributed by atoms with van der Waals surface area (Å²) in [6.07, 6.45) is 1.66. The van der Waals surface area contributed by atoms with E-state index >= 15 is 0 Å². The highest BCUT2D eigenvalue weighted by Crippen LogP contribution is 2.40. The van der Waals surface area contributed by atoms with Crippen LogP contribution in [0.2, 0.25) is 0 Å². The Labute approximate surface area is 114 Å². The lowest BCUT2D eigenvalue weighted by Crippen LogP contribution is -2.02. The van der Waals surface area contributed by atoms with Crippen LogP contribution in [-0.4, -0.2) is 17.1 Å². The highest BCUT2D eigenvalue weighted by Gasteiger charge is 2.19. The lowest BCUT2D eigenvalue weighted by Gasteiger charge is -2.17. The van der Waals surface area contributed by atoms with Crippen molar-refractivity contribution in [3.8, 4) is 17.0 Å². The number of ether oxygens (including phenoxy) is 1. The van der Waals surface area contributed by atoms with Crippen LogP contribution in [0.1, 0.15) is 16.7 Å². The predicted molar refractivity (Wildman–Crippen MR) is 75.3 cm³/mol. The van der Waals surface area contributed by atoms with E-state index in [2.05, 4.69) is 25.9 Å². The summed E-state index contributed by atoms with van der Waals surface area (Å²) in [6.45, 7) is 6.05. The first-order valence-electron chi connectivity index (χ1n) is 5.58. The Bertz CT molecular complexity index is 656. The SMILES string of the molecule is COc1c(C)c(C)c(Br)c(C)c1-c1c[nH]c(=O)[nH]1. The molecule has 2 rings (SSSR count). The molecule has 0 radical (unpaired) electrons. The molecular formula is C13H15BrN2O2. The van der Waals surface area contributed by atoms with Crippen molar-refractivity contribution < 1.29 is 4.74 Å². The van der Waals surface area contributed by atoms with Gasteiger partial charge in [0.25, 0.3) is 0 Å². The standard InChI is InChI=1S/C13H15BrN2O2/c1-6-7(2)12(18-4)10(8(3)11(6)14)9-5-15-13(17)16-9/h5H,1-4H3,(H2,15,16,17). The number of nitrogens with one attached hydrogen (secondary N) is 2. The third kappa shape index (κ3) is 1.88. The third-order valence-electron chi connectivity index (χ3n) is 3.23. The molecule has 96 valence electrons.